The number of aromatic nitrogens is 1. The quantitative estimate of drug-likeness (QED) is 0.294. The van der Waals surface area contributed by atoms with Crippen LogP contribution >= 0.6 is 23.2 Å². The fourth-order valence-electron chi connectivity index (χ4n) is 3.77. The molecule has 1 heterocycles. The molecule has 0 saturated heterocycles. The number of hydrogen-bond donors (Lipinski definition) is 2. The van der Waals surface area contributed by atoms with Gasteiger partial charge in [-0.1, -0.05) is 47.5 Å². The van der Waals surface area contributed by atoms with Gasteiger partial charge < -0.3 is 10.7 Å². The van der Waals surface area contributed by atoms with Gasteiger partial charge in [0.05, 0.1) is 32.7 Å². The van der Waals surface area contributed by atoms with Crippen molar-refractivity contribution < 1.29 is 9.59 Å². The van der Waals surface area contributed by atoms with Crippen LogP contribution in [0.2, 0.25) is 10.0 Å². The second-order valence-electron chi connectivity index (χ2n) is 6.58. The number of fused-ring (bicyclic) bond motifs is 5. The number of H-pyrrole nitrogens is 1. The number of anilines is 1. The highest BCUT2D eigenvalue weighted by Crippen LogP contribution is 2.40. The van der Waals surface area contributed by atoms with E-state index in [2.05, 4.69) is 4.98 Å². The van der Waals surface area contributed by atoms with Gasteiger partial charge in [-0.15, -0.1) is 0 Å². The number of halogens is 2. The monoisotopic (exact) mass is 408 g/mol. The zero-order valence-corrected chi connectivity index (χ0v) is 15.6. The lowest BCUT2D eigenvalue weighted by Gasteiger charge is -2.21. The molecule has 0 fully saturated rings. The molecule has 1 aromatic heterocycles. The summed E-state index contributed by atoms with van der Waals surface area (Å²) in [7, 11) is 0. The molecule has 0 aliphatic heterocycles. The molecule has 0 bridgehead atoms. The minimum absolute atomic E-state index is 0.0187. The van der Waals surface area contributed by atoms with Gasteiger partial charge in [-0.2, -0.15) is 0 Å². The Balaban J connectivity index is 2.03. The summed E-state index contributed by atoms with van der Waals surface area (Å²) in [4.78, 5) is 42.5. The molecular formula is C21H10Cl2N2O3. The van der Waals surface area contributed by atoms with Crippen LogP contribution in [0.3, 0.4) is 0 Å². The minimum atomic E-state index is -0.412. The highest BCUT2D eigenvalue weighted by atomic mass is 35.5. The normalized spacial score (nSPS) is 13.1. The number of hydrogen-bond acceptors (Lipinski definition) is 4. The van der Waals surface area contributed by atoms with E-state index in [4.69, 9.17) is 28.9 Å². The summed E-state index contributed by atoms with van der Waals surface area (Å²) in [5.41, 5.74) is 6.93. The van der Waals surface area contributed by atoms with Gasteiger partial charge in [0, 0.05) is 27.1 Å². The van der Waals surface area contributed by atoms with E-state index >= 15 is 0 Å². The Morgan fingerprint density at radius 3 is 2.18 bits per heavy atom. The van der Waals surface area contributed by atoms with Gasteiger partial charge in [-0.25, -0.2) is 0 Å². The average molecular weight is 409 g/mol. The van der Waals surface area contributed by atoms with Gasteiger partial charge in [0.2, 0.25) is 0 Å². The van der Waals surface area contributed by atoms with Crippen LogP contribution in [0.15, 0.2) is 47.3 Å². The van der Waals surface area contributed by atoms with Gasteiger partial charge >= 0.3 is 0 Å². The van der Waals surface area contributed by atoms with Gasteiger partial charge in [0.25, 0.3) is 0 Å². The van der Waals surface area contributed by atoms with Crippen LogP contribution in [0.25, 0.3) is 21.8 Å². The second kappa shape index (κ2) is 5.67. The topological polar surface area (TPSA) is 93.0 Å². The third-order valence-corrected chi connectivity index (χ3v) is 5.69. The Hall–Kier alpha value is -3.15. The number of pyridine rings is 1. The molecule has 0 atom stereocenters. The zero-order chi connectivity index (χ0) is 19.7. The molecule has 5 nitrogen and oxygen atoms in total. The number of ketones is 2. The number of nitrogens with two attached hydrogens (primary N) is 1. The Morgan fingerprint density at radius 1 is 0.857 bits per heavy atom. The van der Waals surface area contributed by atoms with Gasteiger partial charge in [-0.3, -0.25) is 14.4 Å². The largest absolute Gasteiger partial charge is 0.397 e. The second-order valence-corrected chi connectivity index (χ2v) is 7.39. The standard InChI is InChI=1S/C21H10Cl2N2O3/c22-8-5-6-12-11(7-8)21(28)15-16(23)17(24)13-14(18(15)25-12)20(27)10-4-2-1-3-9(10)19(13)26/h1-7H,24H2,(H,25,28). The minimum Gasteiger partial charge on any atom is -0.397 e. The Bertz CT molecular complexity index is 1450. The van der Waals surface area contributed by atoms with E-state index in [1.807, 2.05) is 0 Å². The number of benzene rings is 3. The molecule has 0 saturated carbocycles. The third-order valence-electron chi connectivity index (χ3n) is 5.06. The lowest BCUT2D eigenvalue weighted by molar-refractivity contribution is 0.0981. The molecule has 3 N–H and O–H groups in total. The number of nitrogens with one attached hydrogen (secondary N) is 1. The van der Waals surface area contributed by atoms with Crippen LogP contribution in [0.1, 0.15) is 31.8 Å². The fraction of sp³-hybridized carbons (Fsp3) is 0. The molecule has 3 aromatic carbocycles. The van der Waals surface area contributed by atoms with Crippen molar-refractivity contribution in [1.82, 2.24) is 4.98 Å². The molecule has 136 valence electrons. The van der Waals surface area contributed by atoms with E-state index in [0.29, 0.717) is 15.9 Å². The molecule has 7 heteroatoms. The van der Waals surface area contributed by atoms with E-state index in [1.54, 1.807) is 36.4 Å². The first kappa shape index (κ1) is 17.0. The molecule has 4 aromatic rings. The molecule has 0 amide bonds. The molecule has 0 unspecified atom stereocenters. The summed E-state index contributed by atoms with van der Waals surface area (Å²) in [5.74, 6) is -0.786. The Kier molecular flexibility index (Phi) is 3.44. The highest BCUT2D eigenvalue weighted by molar-refractivity contribution is 6.43. The maximum atomic E-state index is 13.2. The van der Waals surface area contributed by atoms with E-state index in [0.717, 1.165) is 0 Å². The first-order valence-corrected chi connectivity index (χ1v) is 9.10. The van der Waals surface area contributed by atoms with Crippen LogP contribution in [0, 0.1) is 0 Å². The number of carbonyl (C=O) groups excluding carboxylic acids is 2. The smallest absolute Gasteiger partial charge is 0.198 e. The van der Waals surface area contributed by atoms with E-state index in [9.17, 15) is 14.4 Å². The molecule has 1 aliphatic carbocycles. The summed E-state index contributed by atoms with van der Waals surface area (Å²) in [6.07, 6.45) is 0. The SMILES string of the molecule is Nc1c2c(c3[nH]c4ccc(Cl)cc4c(=O)c3c1Cl)C(=O)c1ccccc1C2=O. The number of carbonyl (C=O) groups is 2. The van der Waals surface area contributed by atoms with Gasteiger partial charge in [-0.05, 0) is 18.2 Å². The third kappa shape index (κ3) is 2.06. The van der Waals surface area contributed by atoms with E-state index in [-0.39, 0.29) is 49.6 Å². The first-order chi connectivity index (χ1) is 13.4. The zero-order valence-electron chi connectivity index (χ0n) is 14.1. The van der Waals surface area contributed by atoms with Crippen molar-refractivity contribution in [3.8, 4) is 0 Å². The molecule has 28 heavy (non-hydrogen) atoms. The van der Waals surface area contributed by atoms with Crippen LogP contribution in [-0.4, -0.2) is 16.6 Å². The molecule has 0 spiro atoms. The maximum Gasteiger partial charge on any atom is 0.198 e. The number of nitrogen functional groups attached to an aromatic ring is 1. The van der Waals surface area contributed by atoms with Crippen molar-refractivity contribution in [2.75, 3.05) is 5.73 Å². The summed E-state index contributed by atoms with van der Waals surface area (Å²) in [5, 5.41) is 0.710. The highest BCUT2D eigenvalue weighted by Gasteiger charge is 2.35. The Labute approximate surface area is 167 Å². The van der Waals surface area contributed by atoms with Gasteiger partial charge in [0.1, 0.15) is 0 Å². The number of aromatic amines is 1. The summed E-state index contributed by atoms with van der Waals surface area (Å²) in [6.45, 7) is 0. The predicted octanol–water partition coefficient (Wildman–Crippen LogP) is 4.35. The Morgan fingerprint density at radius 2 is 1.50 bits per heavy atom. The summed E-state index contributed by atoms with van der Waals surface area (Å²) in [6, 6.07) is 11.3. The van der Waals surface area contributed by atoms with Crippen molar-refractivity contribution in [3.63, 3.8) is 0 Å². The van der Waals surface area contributed by atoms with Crippen molar-refractivity contribution in [3.05, 3.63) is 85.0 Å². The van der Waals surface area contributed by atoms with Crippen LogP contribution in [0.5, 0.6) is 0 Å². The lowest BCUT2D eigenvalue weighted by atomic mass is 9.81. The maximum absolute atomic E-state index is 13.2. The lowest BCUT2D eigenvalue weighted by Crippen LogP contribution is -2.24. The summed E-state index contributed by atoms with van der Waals surface area (Å²) < 4.78 is 0. The fourth-order valence-corrected chi connectivity index (χ4v) is 4.22. The molecular weight excluding hydrogens is 399 g/mol. The predicted molar refractivity (Wildman–Crippen MR) is 110 cm³/mol. The van der Waals surface area contributed by atoms with Crippen LogP contribution < -0.4 is 11.2 Å². The first-order valence-electron chi connectivity index (χ1n) is 8.34. The molecule has 1 aliphatic rings. The van der Waals surface area contributed by atoms with Crippen molar-refractivity contribution in [2.24, 2.45) is 0 Å². The van der Waals surface area contributed by atoms with Crippen LogP contribution in [-0.2, 0) is 0 Å². The molecule has 0 radical (unpaired) electrons. The van der Waals surface area contributed by atoms with E-state index < -0.39 is 11.2 Å². The van der Waals surface area contributed by atoms with Crippen molar-refractivity contribution in [1.29, 1.82) is 0 Å². The van der Waals surface area contributed by atoms with Gasteiger partial charge in [0.15, 0.2) is 17.0 Å². The van der Waals surface area contributed by atoms with Crippen molar-refractivity contribution >= 4 is 62.3 Å². The molecule has 5 rings (SSSR count). The van der Waals surface area contributed by atoms with E-state index in [1.165, 1.54) is 6.07 Å². The van der Waals surface area contributed by atoms with Crippen molar-refractivity contribution in [2.45, 2.75) is 0 Å². The average Bonchev–Trinajstić information content (AvgIpc) is 2.69. The summed E-state index contributed by atoms with van der Waals surface area (Å²) >= 11 is 12.4. The number of rotatable bonds is 0. The van der Waals surface area contributed by atoms with Crippen LogP contribution in [0.4, 0.5) is 5.69 Å².